The molecular formula is C19H17BrN4O4. The van der Waals surface area contributed by atoms with Crippen LogP contribution in [0.25, 0.3) is 0 Å². The van der Waals surface area contributed by atoms with Crippen molar-refractivity contribution in [1.29, 1.82) is 0 Å². The number of benzene rings is 2. The molecule has 0 spiro atoms. The van der Waals surface area contributed by atoms with Gasteiger partial charge in [0, 0.05) is 5.56 Å². The van der Waals surface area contributed by atoms with E-state index in [4.69, 9.17) is 4.74 Å². The van der Waals surface area contributed by atoms with E-state index in [9.17, 15) is 14.9 Å². The van der Waals surface area contributed by atoms with Gasteiger partial charge in [0.2, 0.25) is 0 Å². The van der Waals surface area contributed by atoms with Gasteiger partial charge in [0.25, 0.3) is 5.91 Å². The maximum atomic E-state index is 12.7. The molecule has 0 aliphatic rings. The molecule has 1 heterocycles. The molecule has 0 atom stereocenters. The van der Waals surface area contributed by atoms with E-state index < -0.39 is 4.92 Å². The average molecular weight is 445 g/mol. The van der Waals surface area contributed by atoms with Crippen molar-refractivity contribution in [2.45, 2.75) is 13.5 Å². The van der Waals surface area contributed by atoms with E-state index in [1.807, 2.05) is 25.1 Å². The number of nitrogens with zero attached hydrogens (tertiary/aromatic N) is 3. The lowest BCUT2D eigenvalue weighted by atomic mass is 10.1. The first-order chi connectivity index (χ1) is 13.4. The van der Waals surface area contributed by atoms with Crippen molar-refractivity contribution in [3.63, 3.8) is 0 Å². The minimum absolute atomic E-state index is 0.250. The summed E-state index contributed by atoms with van der Waals surface area (Å²) in [6.07, 6.45) is 1.53. The molecule has 0 bridgehead atoms. The maximum absolute atomic E-state index is 12.7. The number of carbonyl (C=O) groups is 1. The Kier molecular flexibility index (Phi) is 5.74. The van der Waals surface area contributed by atoms with Crippen LogP contribution in [-0.4, -0.2) is 27.7 Å². The minimum Gasteiger partial charge on any atom is -0.495 e. The summed E-state index contributed by atoms with van der Waals surface area (Å²) in [5.41, 5.74) is 2.83. The molecule has 2 aromatic carbocycles. The molecular weight excluding hydrogens is 428 g/mol. The highest BCUT2D eigenvalue weighted by Crippen LogP contribution is 2.26. The van der Waals surface area contributed by atoms with E-state index in [0.29, 0.717) is 28.0 Å². The molecule has 9 heteroatoms. The number of nitro groups is 1. The topological polar surface area (TPSA) is 99.3 Å². The fourth-order valence-corrected chi connectivity index (χ4v) is 3.16. The van der Waals surface area contributed by atoms with Gasteiger partial charge in [-0.05, 0) is 63.2 Å². The van der Waals surface area contributed by atoms with Crippen LogP contribution in [-0.2, 0) is 6.54 Å². The summed E-state index contributed by atoms with van der Waals surface area (Å²) in [7, 11) is 1.54. The highest BCUT2D eigenvalue weighted by molar-refractivity contribution is 9.10. The molecule has 1 amide bonds. The van der Waals surface area contributed by atoms with Crippen molar-refractivity contribution in [2.75, 3.05) is 12.4 Å². The number of hydrogen-bond donors (Lipinski definition) is 1. The van der Waals surface area contributed by atoms with Crippen LogP contribution in [0.15, 0.2) is 53.1 Å². The van der Waals surface area contributed by atoms with E-state index in [2.05, 4.69) is 26.3 Å². The first-order valence-corrected chi connectivity index (χ1v) is 9.09. The van der Waals surface area contributed by atoms with Crippen molar-refractivity contribution in [1.82, 2.24) is 9.78 Å². The average Bonchev–Trinajstić information content (AvgIpc) is 3.02. The van der Waals surface area contributed by atoms with Crippen molar-refractivity contribution in [2.24, 2.45) is 0 Å². The molecule has 0 saturated carbocycles. The number of nitrogens with one attached hydrogen (secondary N) is 1. The zero-order valence-electron chi connectivity index (χ0n) is 15.2. The monoisotopic (exact) mass is 444 g/mol. The standard InChI is InChI=1S/C19H17BrN4O4/c1-12-6-7-17(28-2)16(8-12)21-19(25)14-5-3-4-13(9-14)10-23-11-15(20)18(22-23)24(26)27/h3-9,11H,10H2,1-2H3,(H,21,25). The van der Waals surface area contributed by atoms with Crippen LogP contribution in [0.5, 0.6) is 5.75 Å². The third kappa shape index (κ3) is 4.37. The molecule has 0 radical (unpaired) electrons. The van der Waals surface area contributed by atoms with E-state index in [1.54, 1.807) is 31.4 Å². The second-order valence-corrected chi connectivity index (χ2v) is 6.97. The van der Waals surface area contributed by atoms with Gasteiger partial charge < -0.3 is 20.2 Å². The molecule has 0 saturated heterocycles. The summed E-state index contributed by atoms with van der Waals surface area (Å²) >= 11 is 3.12. The molecule has 1 aromatic heterocycles. The summed E-state index contributed by atoms with van der Waals surface area (Å²) in [4.78, 5) is 23.0. The van der Waals surface area contributed by atoms with Crippen LogP contribution < -0.4 is 10.1 Å². The van der Waals surface area contributed by atoms with Gasteiger partial charge in [-0.2, -0.15) is 4.68 Å². The number of ether oxygens (including phenoxy) is 1. The molecule has 8 nitrogen and oxygen atoms in total. The third-order valence-electron chi connectivity index (χ3n) is 4.01. The Morgan fingerprint density at radius 1 is 1.32 bits per heavy atom. The molecule has 0 aliphatic carbocycles. The molecule has 3 rings (SSSR count). The molecule has 1 N–H and O–H groups in total. The number of aryl methyl sites for hydroxylation is 1. The van der Waals surface area contributed by atoms with Gasteiger partial charge in [0.15, 0.2) is 0 Å². The fraction of sp³-hybridized carbons (Fsp3) is 0.158. The summed E-state index contributed by atoms with van der Waals surface area (Å²) in [6.45, 7) is 2.22. The number of methoxy groups -OCH3 is 1. The van der Waals surface area contributed by atoms with Gasteiger partial charge in [0.05, 0.1) is 30.6 Å². The van der Waals surface area contributed by atoms with Gasteiger partial charge in [-0.15, -0.1) is 0 Å². The third-order valence-corrected chi connectivity index (χ3v) is 4.57. The highest BCUT2D eigenvalue weighted by Gasteiger charge is 2.19. The number of carbonyl (C=O) groups excluding carboxylic acids is 1. The first-order valence-electron chi connectivity index (χ1n) is 8.29. The Labute approximate surface area is 169 Å². The molecule has 144 valence electrons. The minimum atomic E-state index is -0.556. The van der Waals surface area contributed by atoms with Crippen LogP contribution in [0.1, 0.15) is 21.5 Å². The molecule has 28 heavy (non-hydrogen) atoms. The number of rotatable bonds is 6. The van der Waals surface area contributed by atoms with Crippen molar-refractivity contribution in [3.05, 3.63) is 79.9 Å². The first kappa shape index (κ1) is 19.6. The van der Waals surface area contributed by atoms with Crippen LogP contribution in [0, 0.1) is 17.0 Å². The lowest BCUT2D eigenvalue weighted by Gasteiger charge is -2.11. The lowest BCUT2D eigenvalue weighted by Crippen LogP contribution is -2.13. The van der Waals surface area contributed by atoms with Crippen LogP contribution >= 0.6 is 15.9 Å². The van der Waals surface area contributed by atoms with Gasteiger partial charge in [-0.1, -0.05) is 18.2 Å². The largest absolute Gasteiger partial charge is 0.495 e. The molecule has 3 aromatic rings. The zero-order valence-corrected chi connectivity index (χ0v) is 16.8. The second-order valence-electron chi connectivity index (χ2n) is 6.11. The molecule has 0 aliphatic heterocycles. The van der Waals surface area contributed by atoms with Gasteiger partial charge in [-0.3, -0.25) is 4.79 Å². The molecule has 0 unspecified atom stereocenters. The summed E-state index contributed by atoms with van der Waals surface area (Å²) in [5.74, 6) is 0.0441. The predicted molar refractivity (Wildman–Crippen MR) is 108 cm³/mol. The lowest BCUT2D eigenvalue weighted by molar-refractivity contribution is -0.390. The Morgan fingerprint density at radius 2 is 2.11 bits per heavy atom. The zero-order chi connectivity index (χ0) is 20.3. The number of aromatic nitrogens is 2. The van der Waals surface area contributed by atoms with Crippen LogP contribution in [0.2, 0.25) is 0 Å². The molecule has 0 fully saturated rings. The Bertz CT molecular complexity index is 1050. The van der Waals surface area contributed by atoms with Crippen LogP contribution in [0.4, 0.5) is 11.5 Å². The quantitative estimate of drug-likeness (QED) is 0.454. The summed E-state index contributed by atoms with van der Waals surface area (Å²) in [5, 5.41) is 17.7. The number of halogens is 1. The normalized spacial score (nSPS) is 10.5. The number of anilines is 1. The van der Waals surface area contributed by atoms with Gasteiger partial charge >= 0.3 is 5.82 Å². The summed E-state index contributed by atoms with van der Waals surface area (Å²) in [6, 6.07) is 12.5. The second kappa shape index (κ2) is 8.22. The fourth-order valence-electron chi connectivity index (χ4n) is 2.70. The Balaban J connectivity index is 1.79. The number of amides is 1. The van der Waals surface area contributed by atoms with E-state index >= 15 is 0 Å². The van der Waals surface area contributed by atoms with E-state index in [-0.39, 0.29) is 11.7 Å². The smallest absolute Gasteiger partial charge is 0.404 e. The summed E-state index contributed by atoms with van der Waals surface area (Å²) < 4.78 is 7.04. The van der Waals surface area contributed by atoms with Gasteiger partial charge in [-0.25, -0.2) is 0 Å². The highest BCUT2D eigenvalue weighted by atomic mass is 79.9. The van der Waals surface area contributed by atoms with Gasteiger partial charge in [0.1, 0.15) is 10.2 Å². The SMILES string of the molecule is COc1ccc(C)cc1NC(=O)c1cccc(Cn2cc(Br)c([N+](=O)[O-])n2)c1. The predicted octanol–water partition coefficient (Wildman–Crippen LogP) is 4.17. The van der Waals surface area contributed by atoms with Crippen molar-refractivity contribution >= 4 is 33.3 Å². The van der Waals surface area contributed by atoms with E-state index in [0.717, 1.165) is 11.1 Å². The van der Waals surface area contributed by atoms with E-state index in [1.165, 1.54) is 10.9 Å². The maximum Gasteiger partial charge on any atom is 0.404 e. The Hall–Kier alpha value is -3.20. The van der Waals surface area contributed by atoms with Crippen molar-refractivity contribution in [3.8, 4) is 5.75 Å². The Morgan fingerprint density at radius 3 is 2.79 bits per heavy atom. The number of hydrogen-bond acceptors (Lipinski definition) is 5. The van der Waals surface area contributed by atoms with Crippen LogP contribution in [0.3, 0.4) is 0 Å². The van der Waals surface area contributed by atoms with Crippen molar-refractivity contribution < 1.29 is 14.5 Å².